The molecule has 2 heterocycles. The second kappa shape index (κ2) is 7.28. The van der Waals surface area contributed by atoms with Crippen LogP contribution >= 0.6 is 23.1 Å². The summed E-state index contributed by atoms with van der Waals surface area (Å²) in [6.45, 7) is 5.45. The molecule has 0 atom stereocenters. The number of ether oxygens (including phenoxy) is 1. The molecule has 8 heteroatoms. The van der Waals surface area contributed by atoms with E-state index in [1.807, 2.05) is 9.78 Å². The molecule has 21 heavy (non-hydrogen) atoms. The number of imidazole rings is 1. The van der Waals surface area contributed by atoms with Crippen molar-refractivity contribution in [1.82, 2.24) is 14.7 Å². The van der Waals surface area contributed by atoms with Crippen LogP contribution in [0.5, 0.6) is 0 Å². The minimum atomic E-state index is -0.512. The van der Waals surface area contributed by atoms with E-state index in [0.29, 0.717) is 11.6 Å². The summed E-state index contributed by atoms with van der Waals surface area (Å²) in [7, 11) is 0. The Morgan fingerprint density at radius 3 is 3.14 bits per heavy atom. The Morgan fingerprint density at radius 1 is 1.62 bits per heavy atom. The third-order valence-corrected chi connectivity index (χ3v) is 4.32. The first kappa shape index (κ1) is 15.6. The molecule has 0 saturated heterocycles. The van der Waals surface area contributed by atoms with Crippen LogP contribution in [-0.4, -0.2) is 27.2 Å². The number of nitrogens with zero attached hydrogens (tertiary/aromatic N) is 2. The van der Waals surface area contributed by atoms with Crippen molar-refractivity contribution >= 4 is 39.1 Å². The maximum absolute atomic E-state index is 11.4. The number of thioether (sulfide) groups is 1. The molecule has 0 unspecified atom stereocenters. The van der Waals surface area contributed by atoms with Crippen molar-refractivity contribution < 1.29 is 14.3 Å². The van der Waals surface area contributed by atoms with E-state index in [4.69, 9.17) is 4.74 Å². The van der Waals surface area contributed by atoms with Crippen LogP contribution in [0.25, 0.3) is 4.83 Å². The van der Waals surface area contributed by atoms with Crippen molar-refractivity contribution in [1.29, 1.82) is 0 Å². The fourth-order valence-electron chi connectivity index (χ4n) is 1.68. The smallest absolute Gasteiger partial charge is 0.407 e. The summed E-state index contributed by atoms with van der Waals surface area (Å²) >= 11 is 2.80. The van der Waals surface area contributed by atoms with Gasteiger partial charge in [-0.05, 0) is 0 Å². The van der Waals surface area contributed by atoms with Crippen LogP contribution in [0, 0.1) is 0 Å². The van der Waals surface area contributed by atoms with Crippen LogP contribution in [0.1, 0.15) is 18.4 Å². The molecule has 0 radical (unpaired) electrons. The lowest BCUT2D eigenvalue weighted by Gasteiger charge is -2.05. The van der Waals surface area contributed by atoms with Crippen molar-refractivity contribution in [2.24, 2.45) is 0 Å². The summed E-state index contributed by atoms with van der Waals surface area (Å²) in [5.41, 5.74) is 0.990. The normalized spacial score (nSPS) is 10.5. The highest BCUT2D eigenvalue weighted by Crippen LogP contribution is 2.22. The van der Waals surface area contributed by atoms with E-state index in [-0.39, 0.29) is 18.3 Å². The van der Waals surface area contributed by atoms with Crippen molar-refractivity contribution in [3.8, 4) is 0 Å². The van der Waals surface area contributed by atoms with Gasteiger partial charge in [-0.1, -0.05) is 24.4 Å². The molecule has 0 saturated carbocycles. The third-order valence-electron chi connectivity index (χ3n) is 2.55. The van der Waals surface area contributed by atoms with E-state index in [2.05, 4.69) is 16.9 Å². The van der Waals surface area contributed by atoms with Gasteiger partial charge in [0.1, 0.15) is 17.3 Å². The molecule has 1 N–H and O–H groups in total. The number of hydrogen-bond donors (Lipinski definition) is 1. The lowest BCUT2D eigenvalue weighted by molar-refractivity contribution is -0.109. The van der Waals surface area contributed by atoms with Gasteiger partial charge in [-0.25, -0.2) is 9.78 Å². The number of alkyl carbamates (subject to hydrolysis) is 1. The SMILES string of the molecule is C=CCOC(=O)NCc1ncc2scc(CSC(C)=O)n12. The summed E-state index contributed by atoms with van der Waals surface area (Å²) in [5.74, 6) is 1.29. The van der Waals surface area contributed by atoms with E-state index in [1.54, 1.807) is 24.5 Å². The van der Waals surface area contributed by atoms with E-state index in [9.17, 15) is 9.59 Å². The van der Waals surface area contributed by atoms with Gasteiger partial charge in [0.2, 0.25) is 0 Å². The van der Waals surface area contributed by atoms with E-state index in [0.717, 1.165) is 10.5 Å². The number of fused-ring (bicyclic) bond motifs is 1. The van der Waals surface area contributed by atoms with E-state index >= 15 is 0 Å². The number of nitrogens with one attached hydrogen (secondary N) is 1. The number of amides is 1. The van der Waals surface area contributed by atoms with Crippen molar-refractivity contribution in [3.63, 3.8) is 0 Å². The molecule has 2 rings (SSSR count). The predicted molar refractivity (Wildman–Crippen MR) is 83.4 cm³/mol. The Hall–Kier alpha value is -1.80. The van der Waals surface area contributed by atoms with Gasteiger partial charge in [-0.2, -0.15) is 0 Å². The number of aromatic nitrogens is 2. The molecule has 0 fully saturated rings. The van der Waals surface area contributed by atoms with Crippen LogP contribution < -0.4 is 5.32 Å². The van der Waals surface area contributed by atoms with Gasteiger partial charge in [-0.15, -0.1) is 11.3 Å². The highest BCUT2D eigenvalue weighted by Gasteiger charge is 2.12. The number of carbonyl (C=O) groups excluding carboxylic acids is 2. The van der Waals surface area contributed by atoms with Crippen molar-refractivity contribution in [3.05, 3.63) is 35.8 Å². The van der Waals surface area contributed by atoms with Crippen LogP contribution in [0.3, 0.4) is 0 Å². The Balaban J connectivity index is 2.05. The zero-order valence-corrected chi connectivity index (χ0v) is 13.1. The molecule has 0 aromatic carbocycles. The second-order valence-electron chi connectivity index (χ2n) is 4.10. The van der Waals surface area contributed by atoms with Crippen molar-refractivity contribution in [2.45, 2.75) is 19.2 Å². The van der Waals surface area contributed by atoms with Gasteiger partial charge in [-0.3, -0.25) is 9.20 Å². The molecular weight excluding hydrogens is 310 g/mol. The minimum absolute atomic E-state index is 0.0714. The number of thiazole rings is 1. The number of rotatable bonds is 6. The first-order valence-corrected chi connectivity index (χ1v) is 8.06. The topological polar surface area (TPSA) is 72.7 Å². The summed E-state index contributed by atoms with van der Waals surface area (Å²) in [5, 5.41) is 4.70. The standard InChI is InChI=1S/C13H15N3O3S2/c1-3-4-19-13(18)15-5-11-14-6-12-16(11)10(8-21-12)7-20-9(2)17/h3,6,8H,1,4-5,7H2,2H3,(H,15,18). The third kappa shape index (κ3) is 4.08. The average Bonchev–Trinajstić information content (AvgIpc) is 3.02. The van der Waals surface area contributed by atoms with E-state index < -0.39 is 6.09 Å². The fourth-order valence-corrected chi connectivity index (χ4v) is 3.24. The van der Waals surface area contributed by atoms with Crippen LogP contribution in [0.4, 0.5) is 4.79 Å². The maximum atomic E-state index is 11.4. The molecule has 0 spiro atoms. The Morgan fingerprint density at radius 2 is 2.43 bits per heavy atom. The molecule has 2 aromatic rings. The van der Waals surface area contributed by atoms with Crippen LogP contribution in [-0.2, 0) is 21.8 Å². The fraction of sp³-hybridized carbons (Fsp3) is 0.308. The first-order chi connectivity index (χ1) is 10.1. The van der Waals surface area contributed by atoms with Gasteiger partial charge in [0.15, 0.2) is 5.12 Å². The molecule has 112 valence electrons. The summed E-state index contributed by atoms with van der Waals surface area (Å²) in [6.07, 6.45) is 2.74. The summed E-state index contributed by atoms with van der Waals surface area (Å²) in [6, 6.07) is 0. The number of carbonyl (C=O) groups is 2. The largest absolute Gasteiger partial charge is 0.445 e. The predicted octanol–water partition coefficient (Wildman–Crippen LogP) is 2.59. The second-order valence-corrected chi connectivity index (χ2v) is 6.14. The molecule has 2 aromatic heterocycles. The van der Waals surface area contributed by atoms with Gasteiger partial charge < -0.3 is 10.1 Å². The van der Waals surface area contributed by atoms with Gasteiger partial charge in [0, 0.05) is 23.8 Å². The van der Waals surface area contributed by atoms with Gasteiger partial charge >= 0.3 is 6.09 Å². The van der Waals surface area contributed by atoms with Gasteiger partial charge in [0.05, 0.1) is 12.7 Å². The quantitative estimate of drug-likeness (QED) is 0.827. The molecular formula is C13H15N3O3S2. The zero-order chi connectivity index (χ0) is 15.2. The molecule has 0 bridgehead atoms. The molecule has 0 aliphatic rings. The summed E-state index contributed by atoms with van der Waals surface area (Å²) in [4.78, 5) is 27.7. The maximum Gasteiger partial charge on any atom is 0.407 e. The monoisotopic (exact) mass is 325 g/mol. The van der Waals surface area contributed by atoms with Crippen molar-refractivity contribution in [2.75, 3.05) is 6.61 Å². The molecule has 0 aliphatic carbocycles. The minimum Gasteiger partial charge on any atom is -0.445 e. The lowest BCUT2D eigenvalue weighted by Crippen LogP contribution is -2.25. The first-order valence-electron chi connectivity index (χ1n) is 6.19. The lowest BCUT2D eigenvalue weighted by atomic mass is 10.5. The van der Waals surface area contributed by atoms with Gasteiger partial charge in [0.25, 0.3) is 0 Å². The summed E-state index contributed by atoms with van der Waals surface area (Å²) < 4.78 is 6.79. The molecule has 1 amide bonds. The molecule has 0 aliphatic heterocycles. The Labute approximate surface area is 130 Å². The highest BCUT2D eigenvalue weighted by atomic mass is 32.2. The zero-order valence-electron chi connectivity index (χ0n) is 11.5. The molecule has 6 nitrogen and oxygen atoms in total. The average molecular weight is 325 g/mol. The number of hydrogen-bond acceptors (Lipinski definition) is 6. The van der Waals surface area contributed by atoms with Crippen LogP contribution in [0.15, 0.2) is 24.2 Å². The van der Waals surface area contributed by atoms with Crippen LogP contribution in [0.2, 0.25) is 0 Å². The Kier molecular flexibility index (Phi) is 5.40. The van der Waals surface area contributed by atoms with E-state index in [1.165, 1.54) is 17.8 Å². The highest BCUT2D eigenvalue weighted by molar-refractivity contribution is 8.12. The Bertz CT molecular complexity index is 663.